The Labute approximate surface area is 168 Å². The average molecular weight is 430 g/mol. The number of hydrogen-bond donors (Lipinski definition) is 9. The van der Waals surface area contributed by atoms with Crippen molar-refractivity contribution in [3.63, 3.8) is 0 Å². The van der Waals surface area contributed by atoms with E-state index in [4.69, 9.17) is 24.4 Å². The fourth-order valence-electron chi connectivity index (χ4n) is 2.83. The van der Waals surface area contributed by atoms with E-state index >= 15 is 0 Å². The van der Waals surface area contributed by atoms with Gasteiger partial charge in [0.1, 0.15) is 48.8 Å². The van der Waals surface area contributed by atoms with Crippen LogP contribution in [-0.4, -0.2) is 127 Å². The topological polar surface area (TPSA) is 210 Å². The van der Waals surface area contributed by atoms with Gasteiger partial charge in [-0.3, -0.25) is 0 Å². The van der Waals surface area contributed by atoms with Crippen molar-refractivity contribution in [3.05, 3.63) is 0 Å². The Kier molecular flexibility index (Phi) is 11.3. The van der Waals surface area contributed by atoms with Crippen LogP contribution in [0.2, 0.25) is 0 Å². The van der Waals surface area contributed by atoms with Gasteiger partial charge in [0.2, 0.25) is 0 Å². The summed E-state index contributed by atoms with van der Waals surface area (Å²) >= 11 is 0. The molecule has 2 rings (SSSR count). The van der Waals surface area contributed by atoms with Gasteiger partial charge in [-0.2, -0.15) is 0 Å². The highest BCUT2D eigenvalue weighted by molar-refractivity contribution is 4.93. The van der Waals surface area contributed by atoms with Crippen LogP contribution in [0, 0.1) is 5.92 Å². The molecule has 0 radical (unpaired) electrons. The van der Waals surface area contributed by atoms with E-state index in [0.29, 0.717) is 12.5 Å². The maximum atomic E-state index is 9.94. The van der Waals surface area contributed by atoms with E-state index in [1.807, 2.05) is 0 Å². The van der Waals surface area contributed by atoms with Gasteiger partial charge in [0.15, 0.2) is 12.6 Å². The van der Waals surface area contributed by atoms with Gasteiger partial charge >= 0.3 is 0 Å². The molecule has 2 saturated heterocycles. The van der Waals surface area contributed by atoms with Crippen LogP contribution in [0.15, 0.2) is 0 Å². The van der Waals surface area contributed by atoms with Gasteiger partial charge in [-0.15, -0.1) is 0 Å². The fourth-order valence-corrected chi connectivity index (χ4v) is 2.83. The van der Waals surface area contributed by atoms with Crippen LogP contribution in [0.25, 0.3) is 0 Å². The lowest BCUT2D eigenvalue weighted by atomic mass is 9.97. The Morgan fingerprint density at radius 2 is 1.31 bits per heavy atom. The van der Waals surface area contributed by atoms with Crippen molar-refractivity contribution in [3.8, 4) is 0 Å². The molecule has 0 aromatic heterocycles. The van der Waals surface area contributed by atoms with Gasteiger partial charge in [0.25, 0.3) is 0 Å². The quantitative estimate of drug-likeness (QED) is 0.196. The molecule has 29 heavy (non-hydrogen) atoms. The average Bonchev–Trinajstić information content (AvgIpc) is 2.68. The number of rotatable bonds is 6. The zero-order chi connectivity index (χ0) is 22.3. The Bertz CT molecular complexity index is 448. The van der Waals surface area contributed by atoms with Crippen molar-refractivity contribution in [2.75, 3.05) is 19.8 Å². The Hall–Kier alpha value is -0.480. The van der Waals surface area contributed by atoms with E-state index in [1.54, 1.807) is 0 Å². The summed E-state index contributed by atoms with van der Waals surface area (Å²) in [6.07, 6.45) is -14.6. The molecule has 0 aromatic carbocycles. The largest absolute Gasteiger partial charge is 0.396 e. The second-order valence-corrected chi connectivity index (χ2v) is 7.43. The van der Waals surface area contributed by atoms with Crippen LogP contribution in [0.4, 0.5) is 0 Å². The first kappa shape index (κ1) is 26.6. The van der Waals surface area contributed by atoms with Gasteiger partial charge in [0.05, 0.1) is 13.2 Å². The molecule has 0 aliphatic carbocycles. The van der Waals surface area contributed by atoms with Crippen molar-refractivity contribution in [2.24, 2.45) is 5.92 Å². The molecular weight excluding hydrogens is 396 g/mol. The van der Waals surface area contributed by atoms with Gasteiger partial charge in [-0.25, -0.2) is 0 Å². The van der Waals surface area contributed by atoms with Crippen LogP contribution in [0.5, 0.6) is 0 Å². The zero-order valence-corrected chi connectivity index (χ0v) is 16.4. The third-order valence-electron chi connectivity index (χ3n) is 4.69. The maximum Gasteiger partial charge on any atom is 0.187 e. The van der Waals surface area contributed by atoms with E-state index in [-0.39, 0.29) is 0 Å². The van der Waals surface area contributed by atoms with E-state index in [2.05, 4.69) is 13.8 Å². The van der Waals surface area contributed by atoms with Crippen LogP contribution in [0.3, 0.4) is 0 Å². The molecule has 0 amide bonds. The first-order valence-electron chi connectivity index (χ1n) is 9.46. The van der Waals surface area contributed by atoms with Crippen LogP contribution >= 0.6 is 0 Å². The first-order valence-corrected chi connectivity index (χ1v) is 9.46. The van der Waals surface area contributed by atoms with E-state index in [1.165, 1.54) is 0 Å². The maximum absolute atomic E-state index is 9.94. The molecule has 0 unspecified atom stereocenters. The predicted molar refractivity (Wildman–Crippen MR) is 95.2 cm³/mol. The molecule has 0 spiro atoms. The second-order valence-electron chi connectivity index (χ2n) is 7.43. The third kappa shape index (κ3) is 7.02. The lowest BCUT2D eigenvalue weighted by Gasteiger charge is -2.45. The summed E-state index contributed by atoms with van der Waals surface area (Å²) in [4.78, 5) is 0. The van der Waals surface area contributed by atoms with Gasteiger partial charge in [-0.1, -0.05) is 13.8 Å². The van der Waals surface area contributed by atoms with Crippen molar-refractivity contribution in [1.82, 2.24) is 0 Å². The molecule has 0 saturated carbocycles. The monoisotopic (exact) mass is 430 g/mol. The Morgan fingerprint density at radius 1 is 0.724 bits per heavy atom. The van der Waals surface area contributed by atoms with Gasteiger partial charge in [-0.05, 0) is 12.3 Å². The minimum Gasteiger partial charge on any atom is -0.396 e. The smallest absolute Gasteiger partial charge is 0.187 e. The molecule has 9 N–H and O–H groups in total. The summed E-state index contributed by atoms with van der Waals surface area (Å²) in [7, 11) is 0. The van der Waals surface area contributed by atoms with Gasteiger partial charge < -0.3 is 60.2 Å². The standard InChI is InChI=1S/C12H22O11.C5H12O/c13-1-3-5(15)6(16)9(19)12(22-3)23-10-4(2-14)21-11(20)8(18)7(10)17;1-5(2)3-4-6/h3-20H,1-2H2;5-6H,3-4H2,1-2H3/t3-,4-,5-,6+,7-,8-,9-,10-,11-,12-;/m1./s1. The SMILES string of the molecule is CC(C)CCO.OC[C@H]1O[C@H](O[C@H]2[C@H](O)[C@@H](O)[C@H](O)O[C@@H]2CO)[C@H](O)[C@@H](O)[C@@H]1O. The molecule has 10 atom stereocenters. The lowest BCUT2D eigenvalue weighted by Crippen LogP contribution is -2.64. The summed E-state index contributed by atoms with van der Waals surface area (Å²) in [5.41, 5.74) is 0. The summed E-state index contributed by atoms with van der Waals surface area (Å²) in [6, 6.07) is 0. The summed E-state index contributed by atoms with van der Waals surface area (Å²) in [5.74, 6) is 0.648. The lowest BCUT2D eigenvalue weighted by molar-refractivity contribution is -0.355. The number of hydrogen-bond acceptors (Lipinski definition) is 12. The predicted octanol–water partition coefficient (Wildman–Crippen LogP) is -4.37. The molecule has 2 aliphatic heterocycles. The first-order chi connectivity index (χ1) is 13.6. The van der Waals surface area contributed by atoms with Crippen LogP contribution < -0.4 is 0 Å². The molecule has 2 aliphatic rings. The highest BCUT2D eigenvalue weighted by Gasteiger charge is 2.50. The molecule has 2 heterocycles. The normalized spacial score (nSPS) is 43.0. The third-order valence-corrected chi connectivity index (χ3v) is 4.69. The minimum absolute atomic E-state index is 0.331. The van der Waals surface area contributed by atoms with Gasteiger partial charge in [0, 0.05) is 6.61 Å². The molecule has 0 aromatic rings. The molecule has 0 bridgehead atoms. The summed E-state index contributed by atoms with van der Waals surface area (Å²) < 4.78 is 15.3. The van der Waals surface area contributed by atoms with E-state index in [9.17, 15) is 35.7 Å². The summed E-state index contributed by atoms with van der Waals surface area (Å²) in [6.45, 7) is 3.17. The van der Waals surface area contributed by atoms with Crippen molar-refractivity contribution in [2.45, 2.75) is 81.7 Å². The molecule has 2 fully saturated rings. The number of ether oxygens (including phenoxy) is 3. The summed E-state index contributed by atoms with van der Waals surface area (Å²) in [5, 5.41) is 84.7. The van der Waals surface area contributed by atoms with Crippen molar-refractivity contribution >= 4 is 0 Å². The van der Waals surface area contributed by atoms with Crippen LogP contribution in [-0.2, 0) is 14.2 Å². The van der Waals surface area contributed by atoms with Crippen molar-refractivity contribution < 1.29 is 60.2 Å². The minimum atomic E-state index is -1.74. The second kappa shape index (κ2) is 12.4. The Morgan fingerprint density at radius 3 is 1.76 bits per heavy atom. The molecular formula is C17H34O12. The van der Waals surface area contributed by atoms with Crippen LogP contribution in [0.1, 0.15) is 20.3 Å². The van der Waals surface area contributed by atoms with E-state index < -0.39 is 74.6 Å². The molecule has 12 heteroatoms. The molecule has 174 valence electrons. The van der Waals surface area contributed by atoms with Crippen molar-refractivity contribution in [1.29, 1.82) is 0 Å². The fraction of sp³-hybridized carbons (Fsp3) is 1.00. The zero-order valence-electron chi connectivity index (χ0n) is 16.4. The number of aliphatic hydroxyl groups is 9. The Balaban J connectivity index is 0.000000612. The molecule has 12 nitrogen and oxygen atoms in total. The van der Waals surface area contributed by atoms with E-state index in [0.717, 1.165) is 6.42 Å². The number of aliphatic hydroxyl groups excluding tert-OH is 9. The highest BCUT2D eigenvalue weighted by atomic mass is 16.7. The highest BCUT2D eigenvalue weighted by Crippen LogP contribution is 2.28.